The van der Waals surface area contributed by atoms with Gasteiger partial charge in [0.05, 0.1) is 6.10 Å². The number of hydrogen-bond donors (Lipinski definition) is 2. The van der Waals surface area contributed by atoms with E-state index >= 15 is 0 Å². The van der Waals surface area contributed by atoms with Crippen LogP contribution in [0.1, 0.15) is 30.6 Å². The van der Waals surface area contributed by atoms with Crippen LogP contribution in [-0.4, -0.2) is 23.2 Å². The lowest BCUT2D eigenvalue weighted by Crippen LogP contribution is -2.35. The van der Waals surface area contributed by atoms with Crippen molar-refractivity contribution in [1.29, 1.82) is 0 Å². The van der Waals surface area contributed by atoms with Gasteiger partial charge < -0.3 is 10.4 Å². The lowest BCUT2D eigenvalue weighted by Gasteiger charge is -2.15. The van der Waals surface area contributed by atoms with Gasteiger partial charge in [-0.25, -0.2) is 13.2 Å². The van der Waals surface area contributed by atoms with Gasteiger partial charge >= 0.3 is 0 Å². The summed E-state index contributed by atoms with van der Waals surface area (Å²) in [4.78, 5) is 11.6. The first kappa shape index (κ1) is 14.5. The Hall–Kier alpha value is -1.56. The lowest BCUT2D eigenvalue weighted by molar-refractivity contribution is 0.0914. The standard InChI is InChI=1S/C12H14F3NO2/c1-6(3-7(2)17)16-12(18)11-9(14)4-8(13)5-10(11)15/h4-7,17H,3H2,1-2H3,(H,16,18). The Balaban J connectivity index is 2.85. The summed E-state index contributed by atoms with van der Waals surface area (Å²) in [6, 6.07) is 0.427. The Morgan fingerprint density at radius 3 is 2.22 bits per heavy atom. The number of benzene rings is 1. The van der Waals surface area contributed by atoms with Crippen LogP contribution in [-0.2, 0) is 0 Å². The Labute approximate surface area is 103 Å². The minimum Gasteiger partial charge on any atom is -0.393 e. The number of aliphatic hydroxyl groups excluding tert-OH is 1. The van der Waals surface area contributed by atoms with Gasteiger partial charge in [0, 0.05) is 18.2 Å². The molecule has 0 radical (unpaired) electrons. The van der Waals surface area contributed by atoms with Crippen LogP contribution in [0.2, 0.25) is 0 Å². The smallest absolute Gasteiger partial charge is 0.257 e. The molecule has 1 rings (SSSR count). The van der Waals surface area contributed by atoms with Crippen molar-refractivity contribution in [2.24, 2.45) is 0 Å². The van der Waals surface area contributed by atoms with Gasteiger partial charge in [0.25, 0.3) is 5.91 Å². The molecule has 1 amide bonds. The minimum atomic E-state index is -1.26. The Kier molecular flexibility index (Phi) is 4.72. The van der Waals surface area contributed by atoms with Crippen molar-refractivity contribution in [2.75, 3.05) is 0 Å². The maximum Gasteiger partial charge on any atom is 0.257 e. The van der Waals surface area contributed by atoms with Crippen molar-refractivity contribution in [2.45, 2.75) is 32.4 Å². The van der Waals surface area contributed by atoms with Crippen molar-refractivity contribution >= 4 is 5.91 Å². The lowest BCUT2D eigenvalue weighted by atomic mass is 10.1. The van der Waals surface area contributed by atoms with E-state index in [1.54, 1.807) is 6.92 Å². The molecule has 3 nitrogen and oxygen atoms in total. The van der Waals surface area contributed by atoms with Crippen LogP contribution >= 0.6 is 0 Å². The van der Waals surface area contributed by atoms with Crippen LogP contribution in [0, 0.1) is 17.5 Å². The fourth-order valence-electron chi connectivity index (χ4n) is 1.63. The number of rotatable bonds is 4. The summed E-state index contributed by atoms with van der Waals surface area (Å²) in [6.07, 6.45) is -0.404. The number of carbonyl (C=O) groups excluding carboxylic acids is 1. The zero-order chi connectivity index (χ0) is 13.9. The molecule has 2 N–H and O–H groups in total. The molecule has 2 atom stereocenters. The Bertz CT molecular complexity index is 426. The van der Waals surface area contributed by atoms with Crippen molar-refractivity contribution in [3.63, 3.8) is 0 Å². The first-order valence-electron chi connectivity index (χ1n) is 5.44. The minimum absolute atomic E-state index is 0.246. The molecule has 0 heterocycles. The summed E-state index contributed by atoms with van der Waals surface area (Å²) in [7, 11) is 0. The molecule has 6 heteroatoms. The molecule has 1 aromatic carbocycles. The summed E-state index contributed by atoms with van der Waals surface area (Å²) in [5, 5.41) is 11.4. The van der Waals surface area contributed by atoms with Crippen molar-refractivity contribution in [3.8, 4) is 0 Å². The molecule has 100 valence electrons. The summed E-state index contributed by atoms with van der Waals surface area (Å²) in [6.45, 7) is 3.12. The van der Waals surface area contributed by atoms with E-state index < -0.39 is 41.1 Å². The summed E-state index contributed by atoms with van der Waals surface area (Å²) >= 11 is 0. The highest BCUT2D eigenvalue weighted by Gasteiger charge is 2.20. The number of aliphatic hydroxyl groups is 1. The van der Waals surface area contributed by atoms with Crippen LogP contribution in [0.4, 0.5) is 13.2 Å². The van der Waals surface area contributed by atoms with Gasteiger partial charge in [-0.2, -0.15) is 0 Å². The number of carbonyl (C=O) groups is 1. The second-order valence-corrected chi connectivity index (χ2v) is 4.20. The predicted octanol–water partition coefficient (Wildman–Crippen LogP) is 1.99. The second kappa shape index (κ2) is 5.86. The fourth-order valence-corrected chi connectivity index (χ4v) is 1.63. The van der Waals surface area contributed by atoms with E-state index in [0.29, 0.717) is 12.1 Å². The molecule has 0 saturated carbocycles. The highest BCUT2D eigenvalue weighted by atomic mass is 19.1. The molecule has 0 aromatic heterocycles. The molecule has 1 aromatic rings. The molecule has 0 aliphatic heterocycles. The van der Waals surface area contributed by atoms with E-state index in [2.05, 4.69) is 5.32 Å². The molecule has 0 spiro atoms. The van der Waals surface area contributed by atoms with E-state index in [4.69, 9.17) is 5.11 Å². The third kappa shape index (κ3) is 3.73. The van der Waals surface area contributed by atoms with Gasteiger partial charge in [0.2, 0.25) is 0 Å². The maximum absolute atomic E-state index is 13.3. The monoisotopic (exact) mass is 261 g/mol. The summed E-state index contributed by atoms with van der Waals surface area (Å²) in [5.74, 6) is -4.57. The predicted molar refractivity (Wildman–Crippen MR) is 59.5 cm³/mol. The number of amides is 1. The van der Waals surface area contributed by atoms with Crippen molar-refractivity contribution in [1.82, 2.24) is 5.32 Å². The van der Waals surface area contributed by atoms with Gasteiger partial charge in [0.1, 0.15) is 23.0 Å². The molecule has 18 heavy (non-hydrogen) atoms. The van der Waals surface area contributed by atoms with Crippen LogP contribution in [0.25, 0.3) is 0 Å². The first-order chi connectivity index (χ1) is 8.31. The quantitative estimate of drug-likeness (QED) is 0.870. The molecule has 0 aliphatic rings. The molecule has 0 fully saturated rings. The van der Waals surface area contributed by atoms with Crippen LogP contribution in [0.15, 0.2) is 12.1 Å². The number of hydrogen-bond acceptors (Lipinski definition) is 2. The molecule has 2 unspecified atom stereocenters. The van der Waals surface area contributed by atoms with Gasteiger partial charge in [-0.1, -0.05) is 0 Å². The average Bonchev–Trinajstić information content (AvgIpc) is 2.12. The van der Waals surface area contributed by atoms with E-state index in [-0.39, 0.29) is 6.42 Å². The zero-order valence-electron chi connectivity index (χ0n) is 10.0. The van der Waals surface area contributed by atoms with Gasteiger partial charge in [-0.3, -0.25) is 4.79 Å². The van der Waals surface area contributed by atoms with Crippen LogP contribution < -0.4 is 5.32 Å². The SMILES string of the molecule is CC(O)CC(C)NC(=O)c1c(F)cc(F)cc1F. The normalized spacial score (nSPS) is 14.1. The highest BCUT2D eigenvalue weighted by Crippen LogP contribution is 2.15. The topological polar surface area (TPSA) is 49.3 Å². The third-order valence-corrected chi connectivity index (χ3v) is 2.31. The zero-order valence-corrected chi connectivity index (χ0v) is 10.0. The average molecular weight is 261 g/mol. The highest BCUT2D eigenvalue weighted by molar-refractivity contribution is 5.94. The Morgan fingerprint density at radius 1 is 1.28 bits per heavy atom. The van der Waals surface area contributed by atoms with Crippen molar-refractivity contribution in [3.05, 3.63) is 35.1 Å². The van der Waals surface area contributed by atoms with Crippen LogP contribution in [0.3, 0.4) is 0 Å². The van der Waals surface area contributed by atoms with Crippen LogP contribution in [0.5, 0.6) is 0 Å². The Morgan fingerprint density at radius 2 is 1.78 bits per heavy atom. The summed E-state index contributed by atoms with van der Waals surface area (Å²) < 4.78 is 39.2. The largest absolute Gasteiger partial charge is 0.393 e. The van der Waals surface area contributed by atoms with E-state index in [9.17, 15) is 18.0 Å². The van der Waals surface area contributed by atoms with E-state index in [1.807, 2.05) is 0 Å². The number of nitrogens with one attached hydrogen (secondary N) is 1. The third-order valence-electron chi connectivity index (χ3n) is 2.31. The second-order valence-electron chi connectivity index (χ2n) is 4.20. The van der Waals surface area contributed by atoms with Crippen molar-refractivity contribution < 1.29 is 23.1 Å². The van der Waals surface area contributed by atoms with Gasteiger partial charge in [-0.05, 0) is 20.3 Å². The van der Waals surface area contributed by atoms with E-state index in [0.717, 1.165) is 0 Å². The maximum atomic E-state index is 13.3. The molecule has 0 aliphatic carbocycles. The molecular formula is C12H14F3NO2. The van der Waals surface area contributed by atoms with Gasteiger partial charge in [-0.15, -0.1) is 0 Å². The molecule has 0 bridgehead atoms. The molecular weight excluding hydrogens is 247 g/mol. The fraction of sp³-hybridized carbons (Fsp3) is 0.417. The summed E-state index contributed by atoms with van der Waals surface area (Å²) in [5.41, 5.74) is -0.825. The van der Waals surface area contributed by atoms with Gasteiger partial charge in [0.15, 0.2) is 0 Å². The van der Waals surface area contributed by atoms with E-state index in [1.165, 1.54) is 6.92 Å². The number of halogens is 3. The first-order valence-corrected chi connectivity index (χ1v) is 5.44. The molecule has 0 saturated heterocycles.